The van der Waals surface area contributed by atoms with Gasteiger partial charge in [-0.15, -0.1) is 0 Å². The summed E-state index contributed by atoms with van der Waals surface area (Å²) >= 11 is 0. The summed E-state index contributed by atoms with van der Waals surface area (Å²) in [6.07, 6.45) is 0. The first-order valence-corrected chi connectivity index (χ1v) is 29.2. The Hall–Kier alpha value is -5.50. The predicted octanol–water partition coefficient (Wildman–Crippen LogP) is 20.6. The summed E-state index contributed by atoms with van der Waals surface area (Å²) in [7, 11) is -2.71. The van der Waals surface area contributed by atoms with Crippen LogP contribution in [0.25, 0.3) is 76.5 Å². The highest BCUT2D eigenvalue weighted by Gasteiger charge is 2.56. The molecule has 71 heavy (non-hydrogen) atoms. The fraction of sp³-hybridized carbons (Fsp3) is 0.371. The third kappa shape index (κ3) is 8.18. The summed E-state index contributed by atoms with van der Waals surface area (Å²) in [5.41, 5.74) is 16.8. The normalized spacial score (nSPS) is 13.1. The first-order valence-electron chi connectivity index (χ1n) is 27.2. The predicted molar refractivity (Wildman–Crippen MR) is 319 cm³/mol. The molecule has 0 unspecified atom stereocenters. The Kier molecular flexibility index (Phi) is 13.2. The molecule has 0 aliphatic rings. The van der Waals surface area contributed by atoms with Crippen molar-refractivity contribution in [1.29, 1.82) is 0 Å². The molecule has 9 aromatic rings. The van der Waals surface area contributed by atoms with Gasteiger partial charge >= 0.3 is 0 Å². The van der Waals surface area contributed by atoms with Crippen LogP contribution in [0, 0.1) is 0 Å². The largest absolute Gasteiger partial charge is 0.129 e. The molecule has 0 amide bonds. The first-order chi connectivity index (χ1) is 33.5. The Morgan fingerprint density at radius 1 is 0.310 bits per heavy atom. The smallest absolute Gasteiger partial charge is 0.0625 e. The molecule has 0 spiro atoms. The van der Waals surface area contributed by atoms with Gasteiger partial charge in [0.1, 0.15) is 8.07 Å². The van der Waals surface area contributed by atoms with Gasteiger partial charge in [-0.25, -0.2) is 0 Å². The minimum atomic E-state index is -2.71. The molecule has 0 nitrogen and oxygen atoms in total. The Morgan fingerprint density at radius 2 is 0.634 bits per heavy atom. The standard InChI is InChI=1S/C70H82Si/c1-41(2)52-27-22-28-53(42(3)4)64(52)48-35-47-36-49(65-54(43(5)6)29-23-30-55(65)44(7)8)38-60-61-39-50(66-56(45(9)10)31-24-32-57(66)46(11)12)40-62-63(34-33-58(68(61)62)59(37-48)67(47)60)71(69(13,14)15,70(16,17)18)51-25-20-19-21-26-51/h19-46H,1-18H3. The lowest BCUT2D eigenvalue weighted by molar-refractivity contribution is 0.637. The van der Waals surface area contributed by atoms with E-state index in [-0.39, 0.29) is 10.1 Å². The van der Waals surface area contributed by atoms with Crippen LogP contribution < -0.4 is 10.4 Å². The topological polar surface area (TPSA) is 0 Å². The number of fused-ring (bicyclic) bond motifs is 2. The number of rotatable bonds is 11. The van der Waals surface area contributed by atoms with Gasteiger partial charge in [-0.1, -0.05) is 227 Å². The summed E-state index contributed by atoms with van der Waals surface area (Å²) in [6.45, 7) is 43.8. The van der Waals surface area contributed by atoms with Crippen molar-refractivity contribution in [2.24, 2.45) is 0 Å². The van der Waals surface area contributed by atoms with Crippen molar-refractivity contribution < 1.29 is 0 Å². The molecule has 0 saturated heterocycles. The third-order valence-electron chi connectivity index (χ3n) is 16.6. The van der Waals surface area contributed by atoms with Crippen LogP contribution in [0.5, 0.6) is 0 Å². The number of hydrogen-bond acceptors (Lipinski definition) is 0. The Bertz CT molecular complexity index is 3330. The maximum Gasteiger partial charge on any atom is 0.129 e. The highest BCUT2D eigenvalue weighted by molar-refractivity contribution is 7.07. The molecule has 0 bridgehead atoms. The van der Waals surface area contributed by atoms with Crippen molar-refractivity contribution in [3.63, 3.8) is 0 Å². The van der Waals surface area contributed by atoms with Gasteiger partial charge in [0.05, 0.1) is 0 Å². The van der Waals surface area contributed by atoms with E-state index in [0.717, 1.165) is 0 Å². The third-order valence-corrected chi connectivity index (χ3v) is 23.5. The number of hydrogen-bond donors (Lipinski definition) is 0. The molecular formula is C70H82Si. The van der Waals surface area contributed by atoms with E-state index in [1.807, 2.05) is 0 Å². The van der Waals surface area contributed by atoms with Gasteiger partial charge in [-0.05, 0) is 197 Å². The molecular weight excluding hydrogens is 869 g/mol. The Morgan fingerprint density at radius 3 is 0.986 bits per heavy atom. The molecule has 9 rings (SSSR count). The van der Waals surface area contributed by atoms with E-state index in [9.17, 15) is 0 Å². The van der Waals surface area contributed by atoms with Crippen LogP contribution in [-0.4, -0.2) is 8.07 Å². The van der Waals surface area contributed by atoms with Crippen LogP contribution in [0.1, 0.15) is 194 Å². The van der Waals surface area contributed by atoms with E-state index in [0.29, 0.717) is 35.5 Å². The summed E-state index contributed by atoms with van der Waals surface area (Å²) in [4.78, 5) is 0. The molecule has 9 aromatic carbocycles. The van der Waals surface area contributed by atoms with Crippen LogP contribution >= 0.6 is 0 Å². The monoisotopic (exact) mass is 951 g/mol. The van der Waals surface area contributed by atoms with Gasteiger partial charge in [0.25, 0.3) is 0 Å². The van der Waals surface area contributed by atoms with Crippen LogP contribution in [0.2, 0.25) is 10.1 Å². The van der Waals surface area contributed by atoms with Gasteiger partial charge in [-0.2, -0.15) is 0 Å². The van der Waals surface area contributed by atoms with Gasteiger partial charge in [0.2, 0.25) is 0 Å². The maximum atomic E-state index is 2.68. The zero-order chi connectivity index (χ0) is 51.2. The minimum Gasteiger partial charge on any atom is -0.0625 e. The van der Waals surface area contributed by atoms with Crippen LogP contribution in [-0.2, 0) is 0 Å². The van der Waals surface area contributed by atoms with Gasteiger partial charge in [0.15, 0.2) is 0 Å². The molecule has 0 aromatic heterocycles. The highest BCUT2D eigenvalue weighted by Crippen LogP contribution is 2.54. The fourth-order valence-electron chi connectivity index (χ4n) is 13.9. The second-order valence-electron chi connectivity index (χ2n) is 25.2. The molecule has 0 saturated carbocycles. The van der Waals surface area contributed by atoms with Crippen molar-refractivity contribution in [2.75, 3.05) is 0 Å². The van der Waals surface area contributed by atoms with Crippen molar-refractivity contribution in [3.8, 4) is 33.4 Å². The van der Waals surface area contributed by atoms with Crippen LogP contribution in [0.4, 0.5) is 0 Å². The summed E-state index contributed by atoms with van der Waals surface area (Å²) in [6, 6.07) is 53.9. The van der Waals surface area contributed by atoms with Gasteiger partial charge in [0, 0.05) is 0 Å². The highest BCUT2D eigenvalue weighted by atomic mass is 28.3. The Labute approximate surface area is 429 Å². The second kappa shape index (κ2) is 18.5. The zero-order valence-corrected chi connectivity index (χ0v) is 47.7. The molecule has 1 heteroatoms. The molecule has 0 fully saturated rings. The van der Waals surface area contributed by atoms with Gasteiger partial charge in [-0.3, -0.25) is 0 Å². The van der Waals surface area contributed by atoms with Crippen molar-refractivity contribution in [2.45, 2.75) is 170 Å². The minimum absolute atomic E-state index is 0.0276. The molecule has 0 aliphatic heterocycles. The van der Waals surface area contributed by atoms with Crippen LogP contribution in [0.15, 0.2) is 133 Å². The van der Waals surface area contributed by atoms with Crippen molar-refractivity contribution >= 4 is 61.5 Å². The first kappa shape index (κ1) is 50.4. The molecule has 0 N–H and O–H groups in total. The molecule has 0 atom stereocenters. The van der Waals surface area contributed by atoms with Crippen LogP contribution in [0.3, 0.4) is 0 Å². The van der Waals surface area contributed by atoms with E-state index in [1.165, 1.54) is 115 Å². The van der Waals surface area contributed by atoms with Gasteiger partial charge < -0.3 is 0 Å². The molecule has 0 heterocycles. The zero-order valence-electron chi connectivity index (χ0n) is 46.7. The van der Waals surface area contributed by atoms with Crippen molar-refractivity contribution in [3.05, 3.63) is 167 Å². The number of benzene rings is 9. The van der Waals surface area contributed by atoms with E-state index in [2.05, 4.69) is 258 Å². The lowest BCUT2D eigenvalue weighted by atomic mass is 9.79. The fourth-order valence-corrected chi connectivity index (χ4v) is 21.5. The quantitative estimate of drug-likeness (QED) is 0.0688. The van der Waals surface area contributed by atoms with E-state index in [4.69, 9.17) is 0 Å². The maximum absolute atomic E-state index is 2.71. The average molecular weight is 952 g/mol. The van der Waals surface area contributed by atoms with E-state index < -0.39 is 8.07 Å². The van der Waals surface area contributed by atoms with Crippen molar-refractivity contribution in [1.82, 2.24) is 0 Å². The lowest BCUT2D eigenvalue weighted by Crippen LogP contribution is -2.69. The SMILES string of the molecule is CC(C)c1cccc(C(C)C)c1-c1cc2cc(-c3c(C(C)C)cccc3C(C)C)cc3c4cc(-c5c(C(C)C)cccc5C(C)C)cc5c([Si](c6ccccc6)(C(C)(C)C)C(C)(C)C)ccc(c(c1)c23)c54. The molecule has 366 valence electrons. The second-order valence-corrected chi connectivity index (χ2v) is 30.8. The van der Waals surface area contributed by atoms with E-state index in [1.54, 1.807) is 5.19 Å². The summed E-state index contributed by atoms with van der Waals surface area (Å²) in [5.74, 6) is 2.23. The molecule has 0 radical (unpaired) electrons. The lowest BCUT2D eigenvalue weighted by Gasteiger charge is -2.53. The van der Waals surface area contributed by atoms with E-state index >= 15 is 0 Å². The Balaban J connectivity index is 1.61. The average Bonchev–Trinajstić information content (AvgIpc) is 3.31. The molecule has 0 aliphatic carbocycles. The summed E-state index contributed by atoms with van der Waals surface area (Å²) < 4.78 is 0. The summed E-state index contributed by atoms with van der Waals surface area (Å²) in [5, 5.41) is 14.0.